The topological polar surface area (TPSA) is 70.1 Å². The van der Waals surface area contributed by atoms with Crippen LogP contribution in [-0.2, 0) is 22.7 Å². The summed E-state index contributed by atoms with van der Waals surface area (Å²) in [5.74, 6) is -0.402. The summed E-state index contributed by atoms with van der Waals surface area (Å²) in [5, 5.41) is 3.86. The first kappa shape index (κ1) is 12.1. The molecule has 0 radical (unpaired) electrons. The Morgan fingerprint density at radius 2 is 2.06 bits per heavy atom. The minimum Gasteiger partial charge on any atom is -0.459 e. The van der Waals surface area contributed by atoms with Crippen LogP contribution in [-0.4, -0.2) is 15.7 Å². The third-order valence-electron chi connectivity index (χ3n) is 2.27. The lowest BCUT2D eigenvalue weighted by atomic mass is 10.2. The molecule has 2 N–H and O–H groups in total. The van der Waals surface area contributed by atoms with Gasteiger partial charge in [-0.05, 0) is 23.8 Å². The Morgan fingerprint density at radius 3 is 2.67 bits per heavy atom. The number of anilines is 1. The maximum atomic E-state index is 12.6. The van der Waals surface area contributed by atoms with Gasteiger partial charge in [-0.25, -0.2) is 4.39 Å². The number of esters is 1. The molecular formula is C12H12FN3O2. The summed E-state index contributed by atoms with van der Waals surface area (Å²) in [5.41, 5.74) is 6.14. The van der Waals surface area contributed by atoms with Gasteiger partial charge in [-0.2, -0.15) is 5.10 Å². The third-order valence-corrected chi connectivity index (χ3v) is 2.27. The molecule has 0 aliphatic rings. The number of ether oxygens (including phenoxy) is 1. The summed E-state index contributed by atoms with van der Waals surface area (Å²) in [4.78, 5) is 11.5. The Labute approximate surface area is 103 Å². The fraction of sp³-hybridized carbons (Fsp3) is 0.167. The van der Waals surface area contributed by atoms with Crippen molar-refractivity contribution in [2.24, 2.45) is 0 Å². The van der Waals surface area contributed by atoms with E-state index in [9.17, 15) is 9.18 Å². The van der Waals surface area contributed by atoms with Gasteiger partial charge in [0.25, 0.3) is 0 Å². The standard InChI is InChI=1S/C12H12FN3O2/c13-10-3-1-9(2-4-10)8-18-12(17)7-16-6-5-11(14)15-16/h1-6H,7-8H2,(H2,14,15). The molecule has 0 saturated heterocycles. The number of aromatic nitrogens is 2. The van der Waals surface area contributed by atoms with E-state index in [1.54, 1.807) is 24.4 Å². The SMILES string of the molecule is Nc1ccn(CC(=O)OCc2ccc(F)cc2)n1. The number of nitrogens with two attached hydrogens (primary N) is 1. The molecule has 6 heteroatoms. The molecule has 0 aliphatic carbocycles. The molecule has 1 heterocycles. The minimum absolute atomic E-state index is 0.00159. The maximum absolute atomic E-state index is 12.6. The normalized spacial score (nSPS) is 10.3. The van der Waals surface area contributed by atoms with E-state index in [4.69, 9.17) is 10.5 Å². The second-order valence-corrected chi connectivity index (χ2v) is 3.73. The van der Waals surface area contributed by atoms with E-state index >= 15 is 0 Å². The van der Waals surface area contributed by atoms with Crippen molar-refractivity contribution in [1.29, 1.82) is 0 Å². The Hall–Kier alpha value is -2.37. The van der Waals surface area contributed by atoms with Gasteiger partial charge in [0.15, 0.2) is 0 Å². The molecule has 0 atom stereocenters. The summed E-state index contributed by atoms with van der Waals surface area (Å²) < 4.78 is 19.1. The third kappa shape index (κ3) is 3.31. The van der Waals surface area contributed by atoms with Gasteiger partial charge in [0.05, 0.1) is 0 Å². The van der Waals surface area contributed by atoms with Crippen LogP contribution < -0.4 is 5.73 Å². The Bertz CT molecular complexity index is 537. The van der Waals surface area contributed by atoms with Crippen molar-refractivity contribution in [2.75, 3.05) is 5.73 Å². The second kappa shape index (κ2) is 5.31. The van der Waals surface area contributed by atoms with Crippen LogP contribution in [0.2, 0.25) is 0 Å². The maximum Gasteiger partial charge on any atom is 0.328 e. The number of hydrogen-bond acceptors (Lipinski definition) is 4. The number of rotatable bonds is 4. The van der Waals surface area contributed by atoms with E-state index in [1.807, 2.05) is 0 Å². The van der Waals surface area contributed by atoms with E-state index < -0.39 is 5.97 Å². The van der Waals surface area contributed by atoms with Gasteiger partial charge >= 0.3 is 5.97 Å². The quantitative estimate of drug-likeness (QED) is 0.830. The van der Waals surface area contributed by atoms with Gasteiger partial charge in [-0.3, -0.25) is 9.48 Å². The summed E-state index contributed by atoms with van der Waals surface area (Å²) in [6.45, 7) is 0.105. The molecule has 0 amide bonds. The highest BCUT2D eigenvalue weighted by Gasteiger charge is 2.05. The number of nitrogens with zero attached hydrogens (tertiary/aromatic N) is 2. The zero-order valence-electron chi connectivity index (χ0n) is 9.54. The molecule has 2 rings (SSSR count). The zero-order valence-corrected chi connectivity index (χ0v) is 9.54. The predicted molar refractivity (Wildman–Crippen MR) is 62.8 cm³/mol. The van der Waals surface area contributed by atoms with E-state index in [0.717, 1.165) is 5.56 Å². The minimum atomic E-state index is -0.428. The molecule has 0 aliphatic heterocycles. The molecule has 1 aromatic heterocycles. The molecule has 1 aromatic carbocycles. The van der Waals surface area contributed by atoms with E-state index in [2.05, 4.69) is 5.10 Å². The van der Waals surface area contributed by atoms with Gasteiger partial charge < -0.3 is 10.5 Å². The summed E-state index contributed by atoms with van der Waals surface area (Å²) in [6, 6.07) is 7.35. The predicted octanol–water partition coefficient (Wildman–Crippen LogP) is 1.35. The van der Waals surface area contributed by atoms with Gasteiger partial charge in [0, 0.05) is 6.20 Å². The number of nitrogen functional groups attached to an aromatic ring is 1. The highest BCUT2D eigenvalue weighted by Crippen LogP contribution is 2.05. The number of benzene rings is 1. The molecule has 0 saturated carbocycles. The molecule has 0 spiro atoms. The number of halogens is 1. The van der Waals surface area contributed by atoms with Crippen LogP contribution in [0.5, 0.6) is 0 Å². The van der Waals surface area contributed by atoms with E-state index in [0.29, 0.717) is 5.82 Å². The zero-order chi connectivity index (χ0) is 13.0. The van der Waals surface area contributed by atoms with Gasteiger partial charge in [0.2, 0.25) is 0 Å². The highest BCUT2D eigenvalue weighted by molar-refractivity contribution is 5.69. The molecule has 0 fully saturated rings. The number of carbonyl (C=O) groups excluding carboxylic acids is 1. The average molecular weight is 249 g/mol. The molecule has 18 heavy (non-hydrogen) atoms. The summed E-state index contributed by atoms with van der Waals surface area (Å²) in [6.07, 6.45) is 1.59. The van der Waals surface area contributed by atoms with Crippen LogP contribution in [0, 0.1) is 5.82 Å². The van der Waals surface area contributed by atoms with Crippen LogP contribution in [0.25, 0.3) is 0 Å². The van der Waals surface area contributed by atoms with Crippen molar-refractivity contribution in [3.8, 4) is 0 Å². The molecule has 94 valence electrons. The first-order valence-electron chi connectivity index (χ1n) is 5.32. The van der Waals surface area contributed by atoms with Crippen molar-refractivity contribution < 1.29 is 13.9 Å². The first-order chi connectivity index (χ1) is 8.63. The van der Waals surface area contributed by atoms with Gasteiger partial charge in [-0.1, -0.05) is 12.1 Å². The van der Waals surface area contributed by atoms with Gasteiger partial charge in [-0.15, -0.1) is 0 Å². The Morgan fingerprint density at radius 1 is 1.33 bits per heavy atom. The van der Waals surface area contributed by atoms with Crippen LogP contribution in [0.1, 0.15) is 5.56 Å². The van der Waals surface area contributed by atoms with Crippen molar-refractivity contribution in [1.82, 2.24) is 9.78 Å². The number of carbonyl (C=O) groups is 1. The highest BCUT2D eigenvalue weighted by atomic mass is 19.1. The second-order valence-electron chi connectivity index (χ2n) is 3.73. The van der Waals surface area contributed by atoms with Crippen molar-refractivity contribution in [3.63, 3.8) is 0 Å². The van der Waals surface area contributed by atoms with Crippen LogP contribution in [0.4, 0.5) is 10.2 Å². The largest absolute Gasteiger partial charge is 0.459 e. The van der Waals surface area contributed by atoms with Crippen molar-refractivity contribution in [3.05, 3.63) is 47.9 Å². The fourth-order valence-electron chi connectivity index (χ4n) is 1.39. The fourth-order valence-corrected chi connectivity index (χ4v) is 1.39. The Balaban J connectivity index is 1.83. The molecule has 0 unspecified atom stereocenters. The van der Waals surface area contributed by atoms with Crippen LogP contribution in [0.15, 0.2) is 36.5 Å². The number of hydrogen-bond donors (Lipinski definition) is 1. The lowest BCUT2D eigenvalue weighted by molar-refractivity contribution is -0.145. The van der Waals surface area contributed by atoms with Crippen molar-refractivity contribution >= 4 is 11.8 Å². The first-order valence-corrected chi connectivity index (χ1v) is 5.32. The summed E-state index contributed by atoms with van der Waals surface area (Å²) >= 11 is 0. The van der Waals surface area contributed by atoms with Crippen LogP contribution >= 0.6 is 0 Å². The van der Waals surface area contributed by atoms with E-state index in [-0.39, 0.29) is 19.0 Å². The summed E-state index contributed by atoms with van der Waals surface area (Å²) in [7, 11) is 0. The monoisotopic (exact) mass is 249 g/mol. The molecule has 5 nitrogen and oxygen atoms in total. The lowest BCUT2D eigenvalue weighted by Gasteiger charge is -2.05. The molecular weight excluding hydrogens is 237 g/mol. The Kier molecular flexibility index (Phi) is 3.57. The van der Waals surface area contributed by atoms with Gasteiger partial charge in [0.1, 0.15) is 24.8 Å². The van der Waals surface area contributed by atoms with Crippen molar-refractivity contribution in [2.45, 2.75) is 13.2 Å². The van der Waals surface area contributed by atoms with Crippen LogP contribution in [0.3, 0.4) is 0 Å². The molecule has 2 aromatic rings. The average Bonchev–Trinajstić information content (AvgIpc) is 2.74. The molecule has 0 bridgehead atoms. The smallest absolute Gasteiger partial charge is 0.328 e. The van der Waals surface area contributed by atoms with E-state index in [1.165, 1.54) is 16.8 Å². The lowest BCUT2D eigenvalue weighted by Crippen LogP contribution is -2.14.